The van der Waals surface area contributed by atoms with Crippen molar-refractivity contribution in [1.29, 1.82) is 0 Å². The van der Waals surface area contributed by atoms with Gasteiger partial charge in [0, 0.05) is 14.6 Å². The predicted octanol–water partition coefficient (Wildman–Crippen LogP) is 6.24. The van der Waals surface area contributed by atoms with E-state index in [1.165, 1.54) is 20.9 Å². The Balaban J connectivity index is 1.71. The van der Waals surface area contributed by atoms with Gasteiger partial charge < -0.3 is 0 Å². The Morgan fingerprint density at radius 3 is 2.41 bits per heavy atom. The molecule has 0 saturated carbocycles. The van der Waals surface area contributed by atoms with Gasteiger partial charge in [-0.25, -0.2) is 5.48 Å². The van der Waals surface area contributed by atoms with E-state index >= 15 is 0 Å². The molecule has 32 heavy (non-hydrogen) atoms. The molecule has 1 aliphatic heterocycles. The highest BCUT2D eigenvalue weighted by Crippen LogP contribution is 2.35. The minimum absolute atomic E-state index is 0.0343. The summed E-state index contributed by atoms with van der Waals surface area (Å²) >= 11 is 3.41. The maximum Gasteiger partial charge on any atom is 0.156 e. The molecular weight excluding hydrogens is 436 g/mol. The molecule has 168 valence electrons. The zero-order chi connectivity index (χ0) is 23.0. The van der Waals surface area contributed by atoms with Gasteiger partial charge in [0.25, 0.3) is 0 Å². The summed E-state index contributed by atoms with van der Waals surface area (Å²) in [6.45, 7) is 15.5. The van der Waals surface area contributed by atoms with Gasteiger partial charge in [-0.1, -0.05) is 44.7 Å². The van der Waals surface area contributed by atoms with Gasteiger partial charge >= 0.3 is 0 Å². The maximum atomic E-state index is 5.79. The summed E-state index contributed by atoms with van der Waals surface area (Å²) in [4.78, 5) is 14.5. The highest BCUT2D eigenvalue weighted by molar-refractivity contribution is 7.99. The van der Waals surface area contributed by atoms with Crippen LogP contribution in [0.1, 0.15) is 64.5 Å². The molecule has 0 unspecified atom stereocenters. The second-order valence-electron chi connectivity index (χ2n) is 9.24. The summed E-state index contributed by atoms with van der Waals surface area (Å²) in [6, 6.07) is 10.9. The van der Waals surface area contributed by atoms with Crippen molar-refractivity contribution < 1.29 is 4.84 Å². The van der Waals surface area contributed by atoms with Crippen LogP contribution in [0.2, 0.25) is 0 Å². The number of hydroxylamine groups is 1. The van der Waals surface area contributed by atoms with Crippen LogP contribution in [0.4, 0.5) is 0 Å². The summed E-state index contributed by atoms with van der Waals surface area (Å²) in [6.07, 6.45) is 0. The Morgan fingerprint density at radius 2 is 1.78 bits per heavy atom. The first-order chi connectivity index (χ1) is 15.1. The molecule has 0 saturated heterocycles. The largest absolute Gasteiger partial charge is 0.272 e. The van der Waals surface area contributed by atoms with Gasteiger partial charge in [-0.3, -0.25) is 9.83 Å². The fourth-order valence-electron chi connectivity index (χ4n) is 3.74. The molecule has 4 rings (SSSR count). The monoisotopic (exact) mass is 466 g/mol. The van der Waals surface area contributed by atoms with Crippen molar-refractivity contribution in [2.45, 2.75) is 69.8 Å². The van der Waals surface area contributed by atoms with E-state index in [1.807, 2.05) is 6.92 Å². The number of benzene rings is 1. The van der Waals surface area contributed by atoms with E-state index in [1.54, 1.807) is 23.1 Å². The Bertz CT molecular complexity index is 1160. The number of thiophene rings is 1. The highest BCUT2D eigenvalue weighted by atomic mass is 32.2. The maximum absolute atomic E-state index is 5.79. The number of hydrogen-bond acceptors (Lipinski definition) is 7. The molecule has 0 radical (unpaired) electrons. The van der Waals surface area contributed by atoms with E-state index in [2.05, 4.69) is 87.6 Å². The molecule has 1 aliphatic rings. The average Bonchev–Trinajstić information content (AvgIpc) is 3.09. The summed E-state index contributed by atoms with van der Waals surface area (Å²) in [7, 11) is 0. The Kier molecular flexibility index (Phi) is 6.43. The second-order valence-corrected chi connectivity index (χ2v) is 11.8. The number of nitrogens with one attached hydrogen (secondary N) is 1. The molecule has 0 bridgehead atoms. The summed E-state index contributed by atoms with van der Waals surface area (Å²) < 4.78 is 0. The number of amidine groups is 1. The molecule has 3 heterocycles. The average molecular weight is 467 g/mol. The van der Waals surface area contributed by atoms with Crippen molar-refractivity contribution >= 4 is 28.9 Å². The third-order valence-corrected chi connectivity index (χ3v) is 7.70. The molecular formula is C25H30N4OS2. The first-order valence-electron chi connectivity index (χ1n) is 10.8. The van der Waals surface area contributed by atoms with Crippen molar-refractivity contribution in [2.24, 2.45) is 4.99 Å². The third kappa shape index (κ3) is 4.75. The van der Waals surface area contributed by atoms with Gasteiger partial charge in [-0.15, -0.1) is 16.4 Å². The first-order valence-corrected chi connectivity index (χ1v) is 12.4. The van der Waals surface area contributed by atoms with Crippen molar-refractivity contribution in [3.8, 4) is 0 Å². The number of rotatable bonds is 4. The van der Waals surface area contributed by atoms with Crippen LogP contribution in [-0.4, -0.2) is 22.6 Å². The molecule has 0 fully saturated rings. The van der Waals surface area contributed by atoms with Gasteiger partial charge in [0.15, 0.2) is 5.84 Å². The van der Waals surface area contributed by atoms with Crippen LogP contribution in [0.5, 0.6) is 0 Å². The number of aromatic nitrogens is 2. The SMILES string of the molecule is Cc1cc([C@@H]2CONC(c3c(Sc4ccc(C(C)(C)C)cc4)nnc(C)c3C)=N2)c(C)s1. The lowest BCUT2D eigenvalue weighted by Crippen LogP contribution is -2.34. The Hall–Kier alpha value is -2.22. The Morgan fingerprint density at radius 1 is 1.06 bits per heavy atom. The van der Waals surface area contributed by atoms with Gasteiger partial charge in [0.05, 0.1) is 11.3 Å². The minimum atomic E-state index is -0.0343. The summed E-state index contributed by atoms with van der Waals surface area (Å²) in [5, 5.41) is 9.75. The van der Waals surface area contributed by atoms with Crippen LogP contribution in [0.25, 0.3) is 0 Å². The molecule has 0 amide bonds. The van der Waals surface area contributed by atoms with Crippen LogP contribution in [0, 0.1) is 27.7 Å². The Labute approximate surface area is 198 Å². The van der Waals surface area contributed by atoms with Crippen LogP contribution in [0.3, 0.4) is 0 Å². The molecule has 5 nitrogen and oxygen atoms in total. The molecule has 0 spiro atoms. The second kappa shape index (κ2) is 8.96. The van der Waals surface area contributed by atoms with Crippen LogP contribution >= 0.6 is 23.1 Å². The van der Waals surface area contributed by atoms with Crippen LogP contribution in [0.15, 0.2) is 45.2 Å². The lowest BCUT2D eigenvalue weighted by atomic mass is 9.87. The van der Waals surface area contributed by atoms with Crippen molar-refractivity contribution in [1.82, 2.24) is 15.7 Å². The van der Waals surface area contributed by atoms with E-state index in [0.717, 1.165) is 26.7 Å². The van der Waals surface area contributed by atoms with Gasteiger partial charge in [0.2, 0.25) is 0 Å². The molecule has 2 aromatic heterocycles. The van der Waals surface area contributed by atoms with E-state index in [-0.39, 0.29) is 11.5 Å². The van der Waals surface area contributed by atoms with Crippen LogP contribution < -0.4 is 5.48 Å². The number of aliphatic imine (C=N–C) groups is 1. The molecule has 3 aromatic rings. The van der Waals surface area contributed by atoms with E-state index in [0.29, 0.717) is 12.4 Å². The zero-order valence-electron chi connectivity index (χ0n) is 19.7. The van der Waals surface area contributed by atoms with Gasteiger partial charge in [-0.2, -0.15) is 5.10 Å². The minimum Gasteiger partial charge on any atom is -0.272 e. The molecule has 0 aliphatic carbocycles. The predicted molar refractivity (Wildman–Crippen MR) is 133 cm³/mol. The first kappa shape index (κ1) is 23.0. The third-order valence-electron chi connectivity index (χ3n) is 5.73. The molecule has 1 atom stereocenters. The smallest absolute Gasteiger partial charge is 0.156 e. The number of hydrogen-bond donors (Lipinski definition) is 1. The topological polar surface area (TPSA) is 59.4 Å². The zero-order valence-corrected chi connectivity index (χ0v) is 21.4. The molecule has 1 aromatic carbocycles. The van der Waals surface area contributed by atoms with Crippen molar-refractivity contribution in [3.63, 3.8) is 0 Å². The lowest BCUT2D eigenvalue weighted by molar-refractivity contribution is 0.0620. The summed E-state index contributed by atoms with van der Waals surface area (Å²) in [5.74, 6) is 0.716. The molecule has 7 heteroatoms. The fourth-order valence-corrected chi connectivity index (χ4v) is 5.65. The van der Waals surface area contributed by atoms with Gasteiger partial charge in [-0.05, 0) is 68.0 Å². The number of nitrogens with zero attached hydrogens (tertiary/aromatic N) is 3. The number of aryl methyl sites for hydroxylation is 3. The van der Waals surface area contributed by atoms with Crippen molar-refractivity contribution in [3.05, 3.63) is 68.0 Å². The van der Waals surface area contributed by atoms with E-state index < -0.39 is 0 Å². The standard InChI is InChI=1S/C25H30N4OS2/c1-14-12-20(17(4)31-14)21-13-30-29-23(26-21)22-15(2)16(3)27-28-24(22)32-19-10-8-18(9-11-19)25(5,6)7/h8-12,21H,13H2,1-7H3,(H,26,29)/t21-/m0/s1. The van der Waals surface area contributed by atoms with E-state index in [9.17, 15) is 0 Å². The summed E-state index contributed by atoms with van der Waals surface area (Å²) in [5.41, 5.74) is 8.63. The lowest BCUT2D eigenvalue weighted by Gasteiger charge is -2.24. The van der Waals surface area contributed by atoms with Gasteiger partial charge in [0.1, 0.15) is 17.7 Å². The normalized spacial score (nSPS) is 16.6. The van der Waals surface area contributed by atoms with Crippen LogP contribution in [-0.2, 0) is 10.3 Å². The van der Waals surface area contributed by atoms with E-state index in [4.69, 9.17) is 9.83 Å². The van der Waals surface area contributed by atoms with Crippen molar-refractivity contribution in [2.75, 3.05) is 6.61 Å². The fraction of sp³-hybridized carbons (Fsp3) is 0.400. The quantitative estimate of drug-likeness (QED) is 0.493. The highest BCUT2D eigenvalue weighted by Gasteiger charge is 2.25. The molecule has 1 N–H and O–H groups in total.